The maximum atomic E-state index is 11.9. The quantitative estimate of drug-likeness (QED) is 0.568. The van der Waals surface area contributed by atoms with Crippen LogP contribution < -0.4 is 14.4 Å². The van der Waals surface area contributed by atoms with E-state index in [1.165, 1.54) is 6.07 Å². The fourth-order valence-electron chi connectivity index (χ4n) is 4.37. The molecule has 0 saturated heterocycles. The van der Waals surface area contributed by atoms with Crippen molar-refractivity contribution in [2.45, 2.75) is 25.0 Å². The van der Waals surface area contributed by atoms with Crippen molar-refractivity contribution in [3.05, 3.63) is 67.8 Å². The molecule has 0 bridgehead atoms. The number of methoxy groups -OCH3 is 1. The van der Waals surface area contributed by atoms with Crippen molar-refractivity contribution in [2.24, 2.45) is 0 Å². The van der Waals surface area contributed by atoms with E-state index in [-0.39, 0.29) is 11.3 Å². The molecule has 2 aliphatic rings. The number of nitro groups is 2. The summed E-state index contributed by atoms with van der Waals surface area (Å²) in [6.07, 6.45) is 3.44. The Morgan fingerprint density at radius 2 is 1.83 bits per heavy atom. The second kappa shape index (κ2) is 5.94. The van der Waals surface area contributed by atoms with Crippen molar-refractivity contribution >= 4 is 23.1 Å². The van der Waals surface area contributed by atoms with E-state index in [0.717, 1.165) is 18.4 Å². The first-order chi connectivity index (χ1) is 13.7. The third-order valence-corrected chi connectivity index (χ3v) is 5.88. The van der Waals surface area contributed by atoms with Gasteiger partial charge < -0.3 is 14.4 Å². The zero-order valence-corrected chi connectivity index (χ0v) is 16.3. The van der Waals surface area contributed by atoms with Crippen molar-refractivity contribution in [1.29, 1.82) is 0 Å². The summed E-state index contributed by atoms with van der Waals surface area (Å²) >= 11 is 0. The minimum atomic E-state index is -1.05. The smallest absolute Gasteiger partial charge is 0.360 e. The molecule has 9 heteroatoms. The maximum Gasteiger partial charge on any atom is 0.360 e. The monoisotopic (exact) mass is 397 g/mol. The number of fused-ring (bicyclic) bond motifs is 2. The topological polar surface area (TPSA) is 108 Å². The third kappa shape index (κ3) is 2.27. The molecule has 1 spiro atoms. The zero-order chi connectivity index (χ0) is 21.1. The first-order valence-corrected chi connectivity index (χ1v) is 8.91. The van der Waals surface area contributed by atoms with Crippen molar-refractivity contribution in [3.8, 4) is 11.5 Å². The molecule has 1 unspecified atom stereocenters. The predicted molar refractivity (Wildman–Crippen MR) is 107 cm³/mol. The lowest BCUT2D eigenvalue weighted by Crippen LogP contribution is -2.58. The van der Waals surface area contributed by atoms with Crippen LogP contribution in [-0.4, -0.2) is 29.7 Å². The summed E-state index contributed by atoms with van der Waals surface area (Å²) in [5.74, 6) is -0.479. The van der Waals surface area contributed by atoms with Crippen molar-refractivity contribution in [1.82, 2.24) is 0 Å². The van der Waals surface area contributed by atoms with E-state index in [4.69, 9.17) is 9.47 Å². The van der Waals surface area contributed by atoms with E-state index < -0.39 is 38.1 Å². The van der Waals surface area contributed by atoms with Gasteiger partial charge in [0, 0.05) is 24.4 Å². The van der Waals surface area contributed by atoms with E-state index in [2.05, 4.69) is 0 Å². The maximum absolute atomic E-state index is 11.9. The van der Waals surface area contributed by atoms with Gasteiger partial charge in [0.1, 0.15) is 0 Å². The van der Waals surface area contributed by atoms with E-state index in [1.54, 1.807) is 12.2 Å². The van der Waals surface area contributed by atoms with Gasteiger partial charge in [-0.2, -0.15) is 0 Å². The molecule has 1 atom stereocenters. The molecule has 2 aromatic rings. The average Bonchev–Trinajstić information content (AvgIpc) is 2.85. The van der Waals surface area contributed by atoms with E-state index in [0.29, 0.717) is 0 Å². The SMILES string of the molecule is COc1c([N+](=O)[O-])cc2c(c1[N+](=O)[O-])OC1(C=C2)N(C)c2ccccc2C1(C)C. The lowest BCUT2D eigenvalue weighted by atomic mass is 9.76. The van der Waals surface area contributed by atoms with Crippen LogP contribution in [0.1, 0.15) is 25.0 Å². The van der Waals surface area contributed by atoms with Crippen LogP contribution in [0.25, 0.3) is 6.08 Å². The highest BCUT2D eigenvalue weighted by Crippen LogP contribution is 2.57. The fraction of sp³-hybridized carbons (Fsp3) is 0.300. The summed E-state index contributed by atoms with van der Waals surface area (Å²) in [7, 11) is 3.02. The van der Waals surface area contributed by atoms with Gasteiger partial charge in [-0.05, 0) is 37.6 Å². The number of hydrogen-bond acceptors (Lipinski definition) is 7. The van der Waals surface area contributed by atoms with Crippen LogP contribution in [0.2, 0.25) is 0 Å². The number of likely N-dealkylation sites (N-methyl/N-ethyl adjacent to an activating group) is 1. The van der Waals surface area contributed by atoms with Crippen LogP contribution in [0.15, 0.2) is 36.4 Å². The van der Waals surface area contributed by atoms with Gasteiger partial charge in [0.2, 0.25) is 11.5 Å². The molecule has 0 aliphatic carbocycles. The summed E-state index contributed by atoms with van der Waals surface area (Å²) in [5.41, 5.74) is -0.403. The summed E-state index contributed by atoms with van der Waals surface area (Å²) in [6, 6.07) is 9.05. The number of benzene rings is 2. The summed E-state index contributed by atoms with van der Waals surface area (Å²) in [5, 5.41) is 23.3. The fourth-order valence-corrected chi connectivity index (χ4v) is 4.37. The lowest BCUT2D eigenvalue weighted by Gasteiger charge is -2.45. The number of para-hydroxylation sites is 1. The molecule has 0 fully saturated rings. The first kappa shape index (κ1) is 18.7. The number of ether oxygens (including phenoxy) is 2. The normalized spacial score (nSPS) is 20.8. The molecule has 29 heavy (non-hydrogen) atoms. The number of nitrogens with zero attached hydrogens (tertiary/aromatic N) is 3. The van der Waals surface area contributed by atoms with Crippen LogP contribution in [0.5, 0.6) is 11.5 Å². The van der Waals surface area contributed by atoms with E-state index in [1.807, 2.05) is 50.1 Å². The molecule has 2 heterocycles. The third-order valence-electron chi connectivity index (χ3n) is 5.88. The van der Waals surface area contributed by atoms with Gasteiger partial charge >= 0.3 is 11.4 Å². The highest BCUT2D eigenvalue weighted by Gasteiger charge is 2.58. The average molecular weight is 397 g/mol. The van der Waals surface area contributed by atoms with Crippen LogP contribution >= 0.6 is 0 Å². The molecule has 0 saturated carbocycles. The Bertz CT molecular complexity index is 1090. The molecule has 150 valence electrons. The van der Waals surface area contributed by atoms with Gasteiger partial charge in [0.05, 0.1) is 22.4 Å². The van der Waals surface area contributed by atoms with Crippen LogP contribution in [0, 0.1) is 20.2 Å². The summed E-state index contributed by atoms with van der Waals surface area (Å²) in [4.78, 5) is 23.8. The second-order valence-corrected chi connectivity index (χ2v) is 7.54. The molecular weight excluding hydrogens is 378 g/mol. The van der Waals surface area contributed by atoms with Crippen LogP contribution in [0.3, 0.4) is 0 Å². The Morgan fingerprint density at radius 3 is 2.41 bits per heavy atom. The number of anilines is 1. The van der Waals surface area contributed by atoms with Gasteiger partial charge in [0.15, 0.2) is 0 Å². The number of hydrogen-bond donors (Lipinski definition) is 0. The minimum Gasteiger partial charge on any atom is -0.485 e. The standard InChI is InChI=1S/C20H19N3O6/c1-19(2)13-7-5-6-8-14(13)21(3)20(19)10-9-12-11-15(22(24)25)18(28-4)16(23(26)27)17(12)29-20/h5-11H,1-4H3. The molecule has 2 aromatic carbocycles. The van der Waals surface area contributed by atoms with E-state index >= 15 is 0 Å². The Hall–Kier alpha value is -3.62. The highest BCUT2D eigenvalue weighted by atomic mass is 16.6. The van der Waals surface area contributed by atoms with Gasteiger partial charge in [-0.3, -0.25) is 20.2 Å². The van der Waals surface area contributed by atoms with Crippen LogP contribution in [0.4, 0.5) is 17.1 Å². The molecule has 0 radical (unpaired) electrons. The lowest BCUT2D eigenvalue weighted by molar-refractivity contribution is -0.396. The van der Waals surface area contributed by atoms with Crippen molar-refractivity contribution < 1.29 is 19.3 Å². The molecule has 4 rings (SSSR count). The van der Waals surface area contributed by atoms with E-state index in [9.17, 15) is 20.2 Å². The number of nitro benzene ring substituents is 2. The second-order valence-electron chi connectivity index (χ2n) is 7.54. The summed E-state index contributed by atoms with van der Waals surface area (Å²) in [6.45, 7) is 4.00. The Labute approximate surface area is 166 Å². The Morgan fingerprint density at radius 1 is 1.14 bits per heavy atom. The van der Waals surface area contributed by atoms with Gasteiger partial charge in [-0.1, -0.05) is 18.2 Å². The summed E-state index contributed by atoms with van der Waals surface area (Å²) < 4.78 is 11.4. The first-order valence-electron chi connectivity index (χ1n) is 8.91. The minimum absolute atomic E-state index is 0.0484. The molecule has 0 aromatic heterocycles. The molecular formula is C20H19N3O6. The molecule has 2 aliphatic heterocycles. The van der Waals surface area contributed by atoms with Crippen molar-refractivity contribution in [2.75, 3.05) is 19.1 Å². The Kier molecular flexibility index (Phi) is 3.83. The van der Waals surface area contributed by atoms with Crippen molar-refractivity contribution in [3.63, 3.8) is 0 Å². The van der Waals surface area contributed by atoms with Gasteiger partial charge in [-0.15, -0.1) is 0 Å². The van der Waals surface area contributed by atoms with Gasteiger partial charge in [0.25, 0.3) is 5.75 Å². The molecule has 0 amide bonds. The number of rotatable bonds is 3. The Balaban J connectivity index is 1.98. The van der Waals surface area contributed by atoms with Crippen LogP contribution in [-0.2, 0) is 5.41 Å². The molecule has 9 nitrogen and oxygen atoms in total. The predicted octanol–water partition coefficient (Wildman–Crippen LogP) is 4.04. The highest BCUT2D eigenvalue weighted by molar-refractivity contribution is 5.80. The molecule has 0 N–H and O–H groups in total. The largest absolute Gasteiger partial charge is 0.485 e. The van der Waals surface area contributed by atoms with Gasteiger partial charge in [-0.25, -0.2) is 0 Å². The zero-order valence-electron chi connectivity index (χ0n) is 16.3.